The van der Waals surface area contributed by atoms with Gasteiger partial charge in [-0.15, -0.1) is 0 Å². The third-order valence-electron chi connectivity index (χ3n) is 2.15. The van der Waals surface area contributed by atoms with E-state index in [0.29, 0.717) is 12.1 Å². The Morgan fingerprint density at radius 1 is 1.19 bits per heavy atom. The van der Waals surface area contributed by atoms with Crippen LogP contribution in [0.4, 0.5) is 16.0 Å². The van der Waals surface area contributed by atoms with Gasteiger partial charge < -0.3 is 11.5 Å². The van der Waals surface area contributed by atoms with Crippen LogP contribution >= 0.6 is 0 Å². The van der Waals surface area contributed by atoms with Crippen molar-refractivity contribution >= 4 is 11.6 Å². The van der Waals surface area contributed by atoms with Crippen LogP contribution in [-0.2, 0) is 6.42 Å². The van der Waals surface area contributed by atoms with Gasteiger partial charge >= 0.3 is 0 Å². The Kier molecular flexibility index (Phi) is 2.68. The Balaban J connectivity index is 2.24. The lowest BCUT2D eigenvalue weighted by atomic mass is 10.1. The second-order valence-electron chi connectivity index (χ2n) is 3.44. The van der Waals surface area contributed by atoms with E-state index in [1.54, 1.807) is 6.07 Å². The van der Waals surface area contributed by atoms with E-state index in [0.717, 1.165) is 5.56 Å². The lowest BCUT2D eigenvalue weighted by Gasteiger charge is -2.03. The minimum absolute atomic E-state index is 0.203. The molecule has 1 heterocycles. The first-order chi connectivity index (χ1) is 7.65. The number of aromatic nitrogens is 2. The van der Waals surface area contributed by atoms with Gasteiger partial charge in [0.05, 0.1) is 11.9 Å². The molecule has 0 saturated carbocycles. The molecule has 4 N–H and O–H groups in total. The molecule has 0 radical (unpaired) electrons. The maximum absolute atomic E-state index is 12.9. The van der Waals surface area contributed by atoms with E-state index in [-0.39, 0.29) is 17.5 Å². The van der Waals surface area contributed by atoms with Gasteiger partial charge in [-0.3, -0.25) is 0 Å². The molecular formula is C11H11FN4. The molecule has 0 spiro atoms. The van der Waals surface area contributed by atoms with Gasteiger partial charge in [-0.05, 0) is 17.7 Å². The van der Waals surface area contributed by atoms with E-state index < -0.39 is 0 Å². The van der Waals surface area contributed by atoms with E-state index in [2.05, 4.69) is 9.97 Å². The van der Waals surface area contributed by atoms with Crippen LogP contribution < -0.4 is 11.5 Å². The molecular weight excluding hydrogens is 207 g/mol. The molecule has 0 fully saturated rings. The van der Waals surface area contributed by atoms with Gasteiger partial charge in [0.25, 0.3) is 0 Å². The normalized spacial score (nSPS) is 10.3. The zero-order valence-corrected chi connectivity index (χ0v) is 8.52. The summed E-state index contributed by atoms with van der Waals surface area (Å²) in [5.41, 5.74) is 12.5. The number of nitrogens with two attached hydrogens (primary N) is 2. The average Bonchev–Trinajstić information content (AvgIpc) is 2.24. The molecule has 0 atom stereocenters. The summed E-state index contributed by atoms with van der Waals surface area (Å²) in [7, 11) is 0. The fourth-order valence-electron chi connectivity index (χ4n) is 1.39. The number of nitrogen functional groups attached to an aromatic ring is 2. The number of nitrogens with zero attached hydrogens (tertiary/aromatic N) is 2. The second-order valence-corrected chi connectivity index (χ2v) is 3.44. The Labute approximate surface area is 92.1 Å². The quantitative estimate of drug-likeness (QED) is 0.798. The third kappa shape index (κ3) is 2.25. The largest absolute Gasteiger partial charge is 0.381 e. The van der Waals surface area contributed by atoms with Crippen molar-refractivity contribution in [2.45, 2.75) is 6.42 Å². The summed E-state index contributed by atoms with van der Waals surface area (Å²) in [5.74, 6) is 0.144. The summed E-state index contributed by atoms with van der Waals surface area (Å²) in [6.45, 7) is 0. The predicted molar refractivity (Wildman–Crippen MR) is 60.1 cm³/mol. The van der Waals surface area contributed by atoms with E-state index in [4.69, 9.17) is 11.5 Å². The molecule has 0 amide bonds. The van der Waals surface area contributed by atoms with Crippen LogP contribution in [0, 0.1) is 5.82 Å². The Morgan fingerprint density at radius 3 is 2.69 bits per heavy atom. The lowest BCUT2D eigenvalue weighted by molar-refractivity contribution is 0.626. The first-order valence-electron chi connectivity index (χ1n) is 4.76. The van der Waals surface area contributed by atoms with Crippen LogP contribution in [0.25, 0.3) is 0 Å². The summed E-state index contributed by atoms with van der Waals surface area (Å²) in [6.07, 6.45) is 2.02. The molecule has 0 saturated heterocycles. The van der Waals surface area contributed by atoms with Gasteiger partial charge in [-0.2, -0.15) is 0 Å². The van der Waals surface area contributed by atoms with Gasteiger partial charge in [0.1, 0.15) is 5.82 Å². The van der Waals surface area contributed by atoms with Gasteiger partial charge in [-0.25, -0.2) is 14.4 Å². The second kappa shape index (κ2) is 4.14. The molecule has 2 aromatic rings. The van der Waals surface area contributed by atoms with Gasteiger partial charge in [-0.1, -0.05) is 12.1 Å². The van der Waals surface area contributed by atoms with Gasteiger partial charge in [0, 0.05) is 6.42 Å². The van der Waals surface area contributed by atoms with Crippen molar-refractivity contribution in [3.8, 4) is 0 Å². The van der Waals surface area contributed by atoms with Crippen LogP contribution in [0.5, 0.6) is 0 Å². The predicted octanol–water partition coefficient (Wildman–Crippen LogP) is 1.37. The smallest absolute Gasteiger partial charge is 0.166 e. The van der Waals surface area contributed by atoms with Gasteiger partial charge in [0.15, 0.2) is 11.6 Å². The number of anilines is 2. The fourth-order valence-corrected chi connectivity index (χ4v) is 1.39. The number of benzene rings is 1. The van der Waals surface area contributed by atoms with Crippen molar-refractivity contribution in [1.29, 1.82) is 0 Å². The average molecular weight is 218 g/mol. The summed E-state index contributed by atoms with van der Waals surface area (Å²) in [5, 5.41) is 0. The maximum Gasteiger partial charge on any atom is 0.166 e. The van der Waals surface area contributed by atoms with Crippen LogP contribution in [0.3, 0.4) is 0 Å². The number of rotatable bonds is 2. The molecule has 0 bridgehead atoms. The zero-order valence-electron chi connectivity index (χ0n) is 8.52. The van der Waals surface area contributed by atoms with Crippen LogP contribution in [0.15, 0.2) is 30.5 Å². The molecule has 0 aliphatic rings. The minimum Gasteiger partial charge on any atom is -0.381 e. The number of hydrogen-bond donors (Lipinski definition) is 2. The lowest BCUT2D eigenvalue weighted by Crippen LogP contribution is -2.04. The van der Waals surface area contributed by atoms with Crippen molar-refractivity contribution in [3.63, 3.8) is 0 Å². The maximum atomic E-state index is 12.9. The van der Waals surface area contributed by atoms with Gasteiger partial charge in [0.2, 0.25) is 0 Å². The molecule has 1 aromatic carbocycles. The monoisotopic (exact) mass is 218 g/mol. The minimum atomic E-state index is -0.270. The van der Waals surface area contributed by atoms with E-state index in [1.165, 1.54) is 18.3 Å². The SMILES string of the molecule is Nc1ncc(Cc2cccc(F)c2)nc1N. The highest BCUT2D eigenvalue weighted by atomic mass is 19.1. The zero-order chi connectivity index (χ0) is 11.5. The first kappa shape index (κ1) is 10.4. The Hall–Kier alpha value is -2.17. The first-order valence-corrected chi connectivity index (χ1v) is 4.76. The molecule has 2 rings (SSSR count). The molecule has 4 nitrogen and oxygen atoms in total. The molecule has 82 valence electrons. The topological polar surface area (TPSA) is 77.8 Å². The highest BCUT2D eigenvalue weighted by molar-refractivity contribution is 5.51. The van der Waals surface area contributed by atoms with Crippen molar-refractivity contribution in [2.75, 3.05) is 11.5 Å². The third-order valence-corrected chi connectivity index (χ3v) is 2.15. The number of hydrogen-bond acceptors (Lipinski definition) is 4. The van der Waals surface area contributed by atoms with Crippen molar-refractivity contribution in [1.82, 2.24) is 9.97 Å². The molecule has 5 heteroatoms. The highest BCUT2D eigenvalue weighted by Crippen LogP contribution is 2.12. The summed E-state index contributed by atoms with van der Waals surface area (Å²) in [6, 6.07) is 6.32. The summed E-state index contributed by atoms with van der Waals surface area (Å²) >= 11 is 0. The van der Waals surface area contributed by atoms with Crippen LogP contribution in [0.1, 0.15) is 11.3 Å². The van der Waals surface area contributed by atoms with E-state index in [9.17, 15) is 4.39 Å². The molecule has 0 aliphatic carbocycles. The molecule has 16 heavy (non-hydrogen) atoms. The molecule has 1 aromatic heterocycles. The summed E-state index contributed by atoms with van der Waals surface area (Å²) in [4.78, 5) is 7.96. The van der Waals surface area contributed by atoms with Crippen molar-refractivity contribution in [3.05, 3.63) is 47.5 Å². The van der Waals surface area contributed by atoms with Crippen LogP contribution in [-0.4, -0.2) is 9.97 Å². The van der Waals surface area contributed by atoms with Crippen molar-refractivity contribution < 1.29 is 4.39 Å². The summed E-state index contributed by atoms with van der Waals surface area (Å²) < 4.78 is 12.9. The van der Waals surface area contributed by atoms with Crippen LogP contribution in [0.2, 0.25) is 0 Å². The Morgan fingerprint density at radius 2 is 2.00 bits per heavy atom. The molecule has 0 aliphatic heterocycles. The fraction of sp³-hybridized carbons (Fsp3) is 0.0909. The van der Waals surface area contributed by atoms with E-state index in [1.807, 2.05) is 6.07 Å². The number of halogens is 1. The highest BCUT2D eigenvalue weighted by Gasteiger charge is 2.02. The standard InChI is InChI=1S/C11H11FN4/c12-8-3-1-2-7(4-8)5-9-6-15-10(13)11(14)16-9/h1-4,6H,5H2,(H2,13,15)(H2,14,16). The van der Waals surface area contributed by atoms with E-state index >= 15 is 0 Å². The van der Waals surface area contributed by atoms with Crippen molar-refractivity contribution in [2.24, 2.45) is 0 Å². The molecule has 0 unspecified atom stereocenters. The Bertz CT molecular complexity index is 513.